The van der Waals surface area contributed by atoms with E-state index in [0.29, 0.717) is 42.4 Å². The molecule has 2 heterocycles. The summed E-state index contributed by atoms with van der Waals surface area (Å²) >= 11 is 5.91. The molecule has 2 aromatic carbocycles. The van der Waals surface area contributed by atoms with Crippen molar-refractivity contribution in [3.63, 3.8) is 0 Å². The summed E-state index contributed by atoms with van der Waals surface area (Å²) in [5, 5.41) is 21.5. The molecular formula is C25H24ClFN4O4. The van der Waals surface area contributed by atoms with Gasteiger partial charge in [0.05, 0.1) is 11.3 Å². The van der Waals surface area contributed by atoms with Crippen LogP contribution in [0.4, 0.5) is 10.1 Å². The number of benzene rings is 2. The minimum Gasteiger partial charge on any atom is -0.506 e. The first-order valence-corrected chi connectivity index (χ1v) is 11.4. The van der Waals surface area contributed by atoms with E-state index in [0.717, 1.165) is 23.2 Å². The summed E-state index contributed by atoms with van der Waals surface area (Å²) < 4.78 is 19.4. The Kier molecular flexibility index (Phi) is 7.07. The zero-order chi connectivity index (χ0) is 25.1. The van der Waals surface area contributed by atoms with Gasteiger partial charge in [0.1, 0.15) is 29.1 Å². The molecule has 0 saturated carbocycles. The number of rotatable bonds is 5. The number of nitrogens with one attached hydrogen (secondary N) is 2. The maximum absolute atomic E-state index is 13.4. The molecule has 0 aromatic heterocycles. The molecule has 8 nitrogen and oxygen atoms in total. The summed E-state index contributed by atoms with van der Waals surface area (Å²) in [5.41, 5.74) is 0.372. The number of phenolic OH excluding ortho intramolecular Hbond substituents is 1. The maximum Gasteiger partial charge on any atom is 0.279 e. The number of nitrogens with zero attached hydrogens (tertiary/aromatic N) is 2. The molecule has 2 aliphatic rings. The molecule has 2 aromatic rings. The van der Waals surface area contributed by atoms with Gasteiger partial charge in [-0.1, -0.05) is 11.6 Å². The van der Waals surface area contributed by atoms with Gasteiger partial charge >= 0.3 is 0 Å². The van der Waals surface area contributed by atoms with Gasteiger partial charge in [-0.05, 0) is 43.3 Å². The average molecular weight is 499 g/mol. The summed E-state index contributed by atoms with van der Waals surface area (Å²) in [6.07, 6.45) is 3.38. The van der Waals surface area contributed by atoms with Crippen LogP contribution < -0.4 is 15.0 Å². The van der Waals surface area contributed by atoms with Crippen LogP contribution in [0.5, 0.6) is 11.5 Å². The molecule has 182 valence electrons. The first-order chi connectivity index (χ1) is 16.8. The van der Waals surface area contributed by atoms with Crippen LogP contribution in [0.3, 0.4) is 0 Å². The van der Waals surface area contributed by atoms with Crippen LogP contribution in [0.1, 0.15) is 19.8 Å². The van der Waals surface area contributed by atoms with Gasteiger partial charge in [-0.2, -0.15) is 0 Å². The van der Waals surface area contributed by atoms with Gasteiger partial charge in [0.25, 0.3) is 11.8 Å². The molecule has 0 radical (unpaired) electrons. The number of halogens is 2. The largest absolute Gasteiger partial charge is 0.506 e. The predicted molar refractivity (Wildman–Crippen MR) is 130 cm³/mol. The highest BCUT2D eigenvalue weighted by atomic mass is 35.5. The zero-order valence-electron chi connectivity index (χ0n) is 18.9. The van der Waals surface area contributed by atoms with Crippen molar-refractivity contribution in [2.24, 2.45) is 0 Å². The van der Waals surface area contributed by atoms with Crippen molar-refractivity contribution in [3.05, 3.63) is 76.5 Å². The number of allylic oxidation sites excluding steroid dienone is 1. The average Bonchev–Trinajstić information content (AvgIpc) is 2.83. The number of phenols is 1. The fourth-order valence-electron chi connectivity index (χ4n) is 4.01. The van der Waals surface area contributed by atoms with Crippen molar-refractivity contribution in [2.45, 2.75) is 25.9 Å². The number of carbonyl (C=O) groups is 2. The number of amides is 2. The number of aromatic hydroxyl groups is 1. The minimum atomic E-state index is -0.649. The second-order valence-corrected chi connectivity index (χ2v) is 8.68. The first kappa shape index (κ1) is 24.3. The van der Waals surface area contributed by atoms with E-state index in [2.05, 4.69) is 5.32 Å². The topological polar surface area (TPSA) is 106 Å². The molecule has 0 bridgehead atoms. The Balaban J connectivity index is 1.50. The molecule has 2 aliphatic heterocycles. The quantitative estimate of drug-likeness (QED) is 0.427. The molecule has 0 atom stereocenters. The maximum atomic E-state index is 13.4. The Morgan fingerprint density at radius 1 is 1.23 bits per heavy atom. The summed E-state index contributed by atoms with van der Waals surface area (Å²) in [4.78, 5) is 29.2. The lowest BCUT2D eigenvalue weighted by molar-refractivity contribution is -0.128. The number of carbonyl (C=O) groups excluding carboxylic acids is 2. The molecule has 3 N–H and O–H groups in total. The van der Waals surface area contributed by atoms with E-state index >= 15 is 0 Å². The fraction of sp³-hybridized carbons (Fsp3) is 0.240. The lowest BCUT2D eigenvalue weighted by Crippen LogP contribution is -2.45. The van der Waals surface area contributed by atoms with Gasteiger partial charge in [0, 0.05) is 55.1 Å². The van der Waals surface area contributed by atoms with Crippen LogP contribution in [0.2, 0.25) is 5.02 Å². The lowest BCUT2D eigenvalue weighted by Gasteiger charge is -2.33. The van der Waals surface area contributed by atoms with E-state index in [-0.39, 0.29) is 23.1 Å². The normalized spacial score (nSPS) is 18.0. The molecule has 2 amide bonds. The standard InChI is InChI=1S/C25H24ClFN4O4/c1-15-14-31(21-7-4-17(27)12-22(21)32)25(34)23(29-15)20(13-28)24(33)30-10-8-19(9-11-30)35-18-5-2-16(26)3-6-18/h2-7,12-14,19,28-29,32H,8-11H2,1H3/b23-20+,28-13?. The summed E-state index contributed by atoms with van der Waals surface area (Å²) in [7, 11) is 0. The van der Waals surface area contributed by atoms with Gasteiger partial charge in [-0.25, -0.2) is 4.39 Å². The second kappa shape index (κ2) is 10.2. The van der Waals surface area contributed by atoms with Gasteiger partial charge < -0.3 is 25.5 Å². The van der Waals surface area contributed by atoms with Crippen molar-refractivity contribution in [1.29, 1.82) is 5.41 Å². The molecule has 1 saturated heterocycles. The van der Waals surface area contributed by atoms with Crippen molar-refractivity contribution < 1.29 is 23.8 Å². The number of piperidine rings is 1. The second-order valence-electron chi connectivity index (χ2n) is 8.24. The van der Waals surface area contributed by atoms with Crippen LogP contribution in [-0.4, -0.2) is 47.2 Å². The molecule has 10 heteroatoms. The lowest BCUT2D eigenvalue weighted by atomic mass is 10.0. The molecule has 0 aliphatic carbocycles. The highest BCUT2D eigenvalue weighted by Gasteiger charge is 2.33. The van der Waals surface area contributed by atoms with Gasteiger partial charge in [-0.3, -0.25) is 14.5 Å². The van der Waals surface area contributed by atoms with E-state index in [1.807, 2.05) is 0 Å². The van der Waals surface area contributed by atoms with Crippen LogP contribution >= 0.6 is 11.6 Å². The summed E-state index contributed by atoms with van der Waals surface area (Å²) in [6, 6.07) is 10.4. The van der Waals surface area contributed by atoms with E-state index in [9.17, 15) is 19.1 Å². The van der Waals surface area contributed by atoms with E-state index < -0.39 is 23.4 Å². The third-order valence-electron chi connectivity index (χ3n) is 5.76. The highest BCUT2D eigenvalue weighted by molar-refractivity contribution is 6.30. The van der Waals surface area contributed by atoms with Gasteiger partial charge in [-0.15, -0.1) is 0 Å². The van der Waals surface area contributed by atoms with Gasteiger partial charge in [0.15, 0.2) is 0 Å². The van der Waals surface area contributed by atoms with Crippen molar-refractivity contribution >= 4 is 35.3 Å². The Labute approximate surface area is 206 Å². The van der Waals surface area contributed by atoms with E-state index in [1.165, 1.54) is 12.3 Å². The summed E-state index contributed by atoms with van der Waals surface area (Å²) in [6.45, 7) is 2.46. The fourth-order valence-corrected chi connectivity index (χ4v) is 4.14. The number of ether oxygens (including phenoxy) is 1. The monoisotopic (exact) mass is 498 g/mol. The van der Waals surface area contributed by atoms with Crippen LogP contribution in [0.15, 0.2) is 65.6 Å². The zero-order valence-corrected chi connectivity index (χ0v) is 19.7. The Hall–Kier alpha value is -3.85. The molecule has 35 heavy (non-hydrogen) atoms. The Morgan fingerprint density at radius 3 is 2.54 bits per heavy atom. The van der Waals surface area contributed by atoms with Crippen molar-refractivity contribution in [3.8, 4) is 11.5 Å². The number of anilines is 1. The minimum absolute atomic E-state index is 0.0618. The SMILES string of the molecule is CC1=CN(c2ccc(F)cc2O)C(=O)/C(=C(/C=N)C(=O)N2CCC(Oc3ccc(Cl)cc3)CC2)N1. The van der Waals surface area contributed by atoms with Crippen LogP contribution in [0, 0.1) is 11.2 Å². The molecule has 0 spiro atoms. The molecule has 1 fully saturated rings. The third kappa shape index (κ3) is 5.30. The summed E-state index contributed by atoms with van der Waals surface area (Å²) in [5.74, 6) is -1.48. The van der Waals surface area contributed by atoms with E-state index in [1.54, 1.807) is 36.1 Å². The highest BCUT2D eigenvalue weighted by Crippen LogP contribution is 2.31. The smallest absolute Gasteiger partial charge is 0.279 e. The third-order valence-corrected chi connectivity index (χ3v) is 6.02. The van der Waals surface area contributed by atoms with Crippen molar-refractivity contribution in [1.82, 2.24) is 10.2 Å². The number of hydrogen-bond donors (Lipinski definition) is 3. The van der Waals surface area contributed by atoms with Crippen LogP contribution in [-0.2, 0) is 9.59 Å². The van der Waals surface area contributed by atoms with E-state index in [4.69, 9.17) is 21.7 Å². The first-order valence-electron chi connectivity index (χ1n) is 11.0. The van der Waals surface area contributed by atoms with Gasteiger partial charge in [0.2, 0.25) is 0 Å². The van der Waals surface area contributed by atoms with Crippen molar-refractivity contribution in [2.75, 3.05) is 18.0 Å². The number of hydrogen-bond acceptors (Lipinski definition) is 6. The molecular weight excluding hydrogens is 475 g/mol. The molecule has 4 rings (SSSR count). The number of likely N-dealkylation sites (tertiary alicyclic amines) is 1. The molecule has 0 unspecified atom stereocenters. The van der Waals surface area contributed by atoms with Crippen LogP contribution in [0.25, 0.3) is 0 Å². The Bertz CT molecular complexity index is 1220. The predicted octanol–water partition coefficient (Wildman–Crippen LogP) is 3.96. The Morgan fingerprint density at radius 2 is 1.91 bits per heavy atom.